The Kier molecular flexibility index (Phi) is 5.23. The van der Waals surface area contributed by atoms with Crippen LogP contribution in [0.25, 0.3) is 6.08 Å². The third-order valence-electron chi connectivity index (χ3n) is 3.46. The lowest BCUT2D eigenvalue weighted by molar-refractivity contribution is -0.384. The molecule has 1 saturated heterocycles. The van der Waals surface area contributed by atoms with Crippen molar-refractivity contribution in [2.45, 2.75) is 0 Å². The van der Waals surface area contributed by atoms with Crippen molar-refractivity contribution in [3.8, 4) is 5.75 Å². The number of thiocarbonyl (C=S) groups is 1. The number of thioether (sulfide) groups is 1. The van der Waals surface area contributed by atoms with Gasteiger partial charge in [0.15, 0.2) is 0 Å². The van der Waals surface area contributed by atoms with Crippen molar-refractivity contribution in [2.24, 2.45) is 0 Å². The van der Waals surface area contributed by atoms with Gasteiger partial charge in [0.1, 0.15) is 22.4 Å². The van der Waals surface area contributed by atoms with Gasteiger partial charge in [-0.3, -0.25) is 24.6 Å². The SMILES string of the molecule is O=C(CN1C(=O)/C(=C/c2ccco2)SC1=S)Nc1cc([N+](=O)[O-])ccc1O. The number of hydrogen-bond donors (Lipinski definition) is 2. The Balaban J connectivity index is 1.71. The number of furan rings is 1. The van der Waals surface area contributed by atoms with Gasteiger partial charge in [-0.15, -0.1) is 0 Å². The van der Waals surface area contributed by atoms with E-state index in [0.29, 0.717) is 10.7 Å². The van der Waals surface area contributed by atoms with Gasteiger partial charge in [-0.2, -0.15) is 0 Å². The van der Waals surface area contributed by atoms with Crippen LogP contribution < -0.4 is 5.32 Å². The third-order valence-corrected chi connectivity index (χ3v) is 4.83. The molecule has 0 atom stereocenters. The number of phenolic OH excluding ortho intramolecular Hbond substituents is 1. The predicted molar refractivity (Wildman–Crippen MR) is 102 cm³/mol. The van der Waals surface area contributed by atoms with E-state index in [-0.39, 0.29) is 21.4 Å². The molecule has 9 nitrogen and oxygen atoms in total. The van der Waals surface area contributed by atoms with E-state index in [1.54, 1.807) is 12.1 Å². The molecule has 1 aromatic carbocycles. The van der Waals surface area contributed by atoms with Crippen LogP contribution in [0.15, 0.2) is 45.9 Å². The molecule has 2 heterocycles. The lowest BCUT2D eigenvalue weighted by atomic mass is 10.2. The Morgan fingerprint density at radius 2 is 2.22 bits per heavy atom. The van der Waals surface area contributed by atoms with Crippen molar-refractivity contribution in [1.82, 2.24) is 4.90 Å². The quantitative estimate of drug-likeness (QED) is 0.256. The number of phenols is 1. The second kappa shape index (κ2) is 7.60. The fourth-order valence-electron chi connectivity index (χ4n) is 2.21. The highest BCUT2D eigenvalue weighted by molar-refractivity contribution is 8.26. The van der Waals surface area contributed by atoms with E-state index in [4.69, 9.17) is 16.6 Å². The van der Waals surface area contributed by atoms with Gasteiger partial charge in [0.2, 0.25) is 5.91 Å². The number of aromatic hydroxyl groups is 1. The van der Waals surface area contributed by atoms with Gasteiger partial charge in [0, 0.05) is 18.2 Å². The van der Waals surface area contributed by atoms with E-state index in [0.717, 1.165) is 34.9 Å². The minimum atomic E-state index is -0.665. The van der Waals surface area contributed by atoms with Crippen LogP contribution in [-0.2, 0) is 9.59 Å². The second-order valence-electron chi connectivity index (χ2n) is 5.29. The molecule has 1 aliphatic heterocycles. The zero-order valence-electron chi connectivity index (χ0n) is 13.4. The Morgan fingerprint density at radius 1 is 1.44 bits per heavy atom. The van der Waals surface area contributed by atoms with Crippen LogP contribution in [0.3, 0.4) is 0 Å². The molecule has 0 aliphatic carbocycles. The Hall–Kier alpha value is -3.18. The smallest absolute Gasteiger partial charge is 0.271 e. The summed E-state index contributed by atoms with van der Waals surface area (Å²) in [4.78, 5) is 36.2. The summed E-state index contributed by atoms with van der Waals surface area (Å²) < 4.78 is 5.34. The summed E-state index contributed by atoms with van der Waals surface area (Å²) in [5.41, 5.74) is -0.430. The Morgan fingerprint density at radius 3 is 2.89 bits per heavy atom. The molecule has 0 spiro atoms. The molecule has 27 heavy (non-hydrogen) atoms. The number of carbonyl (C=O) groups is 2. The molecule has 1 aromatic heterocycles. The monoisotopic (exact) mass is 405 g/mol. The maximum absolute atomic E-state index is 12.4. The van der Waals surface area contributed by atoms with Gasteiger partial charge in [-0.1, -0.05) is 24.0 Å². The summed E-state index contributed by atoms with van der Waals surface area (Å²) in [7, 11) is 0. The normalized spacial score (nSPS) is 15.4. The maximum atomic E-state index is 12.4. The molecule has 138 valence electrons. The molecule has 0 radical (unpaired) electrons. The summed E-state index contributed by atoms with van der Waals surface area (Å²) >= 11 is 6.16. The average molecular weight is 405 g/mol. The van der Waals surface area contributed by atoms with Gasteiger partial charge in [-0.05, 0) is 18.2 Å². The highest BCUT2D eigenvalue weighted by Crippen LogP contribution is 2.33. The minimum absolute atomic E-state index is 0.134. The molecule has 0 unspecified atom stereocenters. The fourth-order valence-corrected chi connectivity index (χ4v) is 3.45. The van der Waals surface area contributed by atoms with Gasteiger partial charge >= 0.3 is 0 Å². The van der Waals surface area contributed by atoms with Crippen molar-refractivity contribution in [1.29, 1.82) is 0 Å². The highest BCUT2D eigenvalue weighted by Gasteiger charge is 2.33. The molecule has 2 amide bonds. The molecule has 11 heteroatoms. The first kappa shape index (κ1) is 18.6. The third kappa shape index (κ3) is 4.15. The topological polar surface area (TPSA) is 126 Å². The molecular formula is C16H11N3O6S2. The predicted octanol–water partition coefficient (Wildman–Crippen LogP) is 2.73. The number of nitro groups is 1. The number of anilines is 1. The standard InChI is InChI=1S/C16H11N3O6S2/c20-12-4-3-9(19(23)24)6-11(12)17-14(21)8-18-15(22)13(27-16(18)26)7-10-2-1-5-25-10/h1-7,20H,8H2,(H,17,21)/b13-7-. The molecule has 0 saturated carbocycles. The van der Waals surface area contributed by atoms with Gasteiger partial charge in [-0.25, -0.2) is 0 Å². The molecule has 0 bridgehead atoms. The molecule has 1 aliphatic rings. The fraction of sp³-hybridized carbons (Fsp3) is 0.0625. The van der Waals surface area contributed by atoms with Crippen molar-refractivity contribution < 1.29 is 24.0 Å². The molecule has 3 rings (SSSR count). The summed E-state index contributed by atoms with van der Waals surface area (Å²) in [6.45, 7) is -0.401. The van der Waals surface area contributed by atoms with E-state index in [1.165, 1.54) is 12.3 Å². The van der Waals surface area contributed by atoms with Crippen LogP contribution in [0.5, 0.6) is 5.75 Å². The van der Waals surface area contributed by atoms with Gasteiger partial charge in [0.05, 0.1) is 21.8 Å². The number of nitrogens with one attached hydrogen (secondary N) is 1. The molecule has 2 N–H and O–H groups in total. The molecule has 2 aromatic rings. The maximum Gasteiger partial charge on any atom is 0.271 e. The Labute approximate surface area is 161 Å². The molecular weight excluding hydrogens is 394 g/mol. The van der Waals surface area contributed by atoms with Crippen LogP contribution in [0, 0.1) is 10.1 Å². The first-order valence-electron chi connectivity index (χ1n) is 7.41. The van der Waals surface area contributed by atoms with E-state index in [1.807, 2.05) is 0 Å². The van der Waals surface area contributed by atoms with E-state index < -0.39 is 23.3 Å². The summed E-state index contributed by atoms with van der Waals surface area (Å²) in [6, 6.07) is 6.57. The number of benzene rings is 1. The van der Waals surface area contributed by atoms with Crippen LogP contribution >= 0.6 is 24.0 Å². The lowest BCUT2D eigenvalue weighted by Crippen LogP contribution is -2.36. The zero-order chi connectivity index (χ0) is 19.6. The first-order chi connectivity index (χ1) is 12.8. The van der Waals surface area contributed by atoms with Crippen molar-refractivity contribution in [3.05, 3.63) is 57.4 Å². The van der Waals surface area contributed by atoms with E-state index in [2.05, 4.69) is 5.32 Å². The molecule has 1 fully saturated rings. The minimum Gasteiger partial charge on any atom is -0.506 e. The van der Waals surface area contributed by atoms with Gasteiger partial charge in [0.25, 0.3) is 11.6 Å². The first-order valence-corrected chi connectivity index (χ1v) is 8.64. The van der Waals surface area contributed by atoms with Crippen LogP contribution in [0.2, 0.25) is 0 Å². The number of rotatable bonds is 5. The van der Waals surface area contributed by atoms with Crippen LogP contribution in [0.4, 0.5) is 11.4 Å². The van der Waals surface area contributed by atoms with E-state index >= 15 is 0 Å². The summed E-state index contributed by atoms with van der Waals surface area (Å²) in [5.74, 6) is -0.986. The van der Waals surface area contributed by atoms with Crippen LogP contribution in [0.1, 0.15) is 5.76 Å². The van der Waals surface area contributed by atoms with Crippen molar-refractivity contribution in [3.63, 3.8) is 0 Å². The van der Waals surface area contributed by atoms with Crippen molar-refractivity contribution in [2.75, 3.05) is 11.9 Å². The number of hydrogen-bond acceptors (Lipinski definition) is 8. The number of amides is 2. The number of nitrogens with zero attached hydrogens (tertiary/aromatic N) is 2. The lowest BCUT2D eigenvalue weighted by Gasteiger charge is -2.14. The van der Waals surface area contributed by atoms with Crippen LogP contribution in [-0.4, -0.2) is 37.6 Å². The average Bonchev–Trinajstić information content (AvgIpc) is 3.21. The van der Waals surface area contributed by atoms with Gasteiger partial charge < -0.3 is 14.8 Å². The van der Waals surface area contributed by atoms with E-state index in [9.17, 15) is 24.8 Å². The number of nitro benzene ring substituents is 1. The highest BCUT2D eigenvalue weighted by atomic mass is 32.2. The summed E-state index contributed by atoms with van der Waals surface area (Å²) in [6.07, 6.45) is 2.98. The largest absolute Gasteiger partial charge is 0.506 e. The second-order valence-corrected chi connectivity index (χ2v) is 6.97. The summed E-state index contributed by atoms with van der Waals surface area (Å²) in [5, 5.41) is 22.9. The Bertz CT molecular complexity index is 971. The number of non-ortho nitro benzene ring substituents is 1. The number of carbonyl (C=O) groups excluding carboxylic acids is 2. The van der Waals surface area contributed by atoms with Crippen molar-refractivity contribution >= 4 is 57.6 Å². The zero-order valence-corrected chi connectivity index (χ0v) is 15.1.